The lowest BCUT2D eigenvalue weighted by atomic mass is 9.82. The number of carbonyl (C=O) groups excluding carboxylic acids is 2. The van der Waals surface area contributed by atoms with Crippen LogP contribution in [-0.4, -0.2) is 54.5 Å². The predicted octanol–water partition coefficient (Wildman–Crippen LogP) is 6.50. The van der Waals surface area contributed by atoms with Gasteiger partial charge in [-0.3, -0.25) is 14.5 Å². The average molecular weight is 572 g/mol. The number of anilines is 1. The van der Waals surface area contributed by atoms with Crippen molar-refractivity contribution in [3.05, 3.63) is 100 Å². The SMILES string of the molecule is Cc1cccc(F)c1C(=O)N1CCC[C@H](C(=O)Nc2cccc(C(C)(C)C)c2)[C@@H]1c1ccc(CN2CCOCC2)cc1. The van der Waals surface area contributed by atoms with Crippen LogP contribution in [0.5, 0.6) is 0 Å². The number of hydrogen-bond donors (Lipinski definition) is 1. The molecule has 2 aliphatic heterocycles. The number of benzene rings is 3. The number of ether oxygens (including phenoxy) is 1. The van der Waals surface area contributed by atoms with E-state index in [1.54, 1.807) is 24.0 Å². The minimum Gasteiger partial charge on any atom is -0.379 e. The molecule has 3 aromatic rings. The summed E-state index contributed by atoms with van der Waals surface area (Å²) < 4.78 is 20.5. The van der Waals surface area contributed by atoms with Gasteiger partial charge in [0.25, 0.3) is 5.91 Å². The van der Waals surface area contributed by atoms with E-state index in [1.807, 2.05) is 30.3 Å². The molecular formula is C35H42FN3O3. The molecule has 0 aliphatic carbocycles. The van der Waals surface area contributed by atoms with Gasteiger partial charge in [-0.05, 0) is 65.6 Å². The normalized spacial score (nSPS) is 19.9. The summed E-state index contributed by atoms with van der Waals surface area (Å²) in [7, 11) is 0. The number of halogens is 1. The molecule has 42 heavy (non-hydrogen) atoms. The van der Waals surface area contributed by atoms with Crippen molar-refractivity contribution in [2.75, 3.05) is 38.2 Å². The highest BCUT2D eigenvalue weighted by Crippen LogP contribution is 2.39. The fraction of sp³-hybridized carbons (Fsp3) is 0.429. The van der Waals surface area contributed by atoms with E-state index in [1.165, 1.54) is 11.6 Å². The molecule has 0 radical (unpaired) electrons. The third-order valence-corrected chi connectivity index (χ3v) is 8.49. The van der Waals surface area contributed by atoms with Gasteiger partial charge in [0.2, 0.25) is 5.91 Å². The van der Waals surface area contributed by atoms with Gasteiger partial charge in [0.05, 0.1) is 30.7 Å². The minimum absolute atomic E-state index is 0.0576. The molecule has 0 saturated carbocycles. The van der Waals surface area contributed by atoms with Gasteiger partial charge >= 0.3 is 0 Å². The van der Waals surface area contributed by atoms with Gasteiger partial charge in [0.15, 0.2) is 0 Å². The van der Waals surface area contributed by atoms with E-state index in [2.05, 4.69) is 49.2 Å². The maximum absolute atomic E-state index is 15.0. The highest BCUT2D eigenvalue weighted by molar-refractivity contribution is 5.98. The number of nitrogens with one attached hydrogen (secondary N) is 1. The number of carbonyl (C=O) groups is 2. The van der Waals surface area contributed by atoms with Gasteiger partial charge in [0, 0.05) is 31.9 Å². The fourth-order valence-electron chi connectivity index (χ4n) is 6.09. The van der Waals surface area contributed by atoms with Crippen LogP contribution in [-0.2, 0) is 21.5 Å². The van der Waals surface area contributed by atoms with Crippen molar-refractivity contribution in [3.63, 3.8) is 0 Å². The molecule has 2 fully saturated rings. The number of aryl methyl sites for hydroxylation is 1. The number of nitrogens with zero attached hydrogens (tertiary/aromatic N) is 2. The minimum atomic E-state index is -0.537. The van der Waals surface area contributed by atoms with Crippen LogP contribution in [0.1, 0.15) is 72.3 Å². The number of hydrogen-bond acceptors (Lipinski definition) is 4. The smallest absolute Gasteiger partial charge is 0.257 e. The molecule has 0 unspecified atom stereocenters. The van der Waals surface area contributed by atoms with Crippen LogP contribution in [0.4, 0.5) is 10.1 Å². The van der Waals surface area contributed by atoms with Crippen molar-refractivity contribution in [2.24, 2.45) is 5.92 Å². The lowest BCUT2D eigenvalue weighted by Crippen LogP contribution is -2.46. The van der Waals surface area contributed by atoms with Crippen molar-refractivity contribution in [2.45, 2.75) is 58.5 Å². The fourth-order valence-corrected chi connectivity index (χ4v) is 6.09. The molecule has 0 bridgehead atoms. The molecule has 2 aliphatic rings. The third-order valence-electron chi connectivity index (χ3n) is 8.49. The standard InChI is InChI=1S/C35H42FN3O3/c1-24-8-5-12-30(36)31(24)34(41)39-17-7-11-29(33(40)37-28-10-6-9-27(22-28)35(2,3)4)32(39)26-15-13-25(14-16-26)23-38-18-20-42-21-19-38/h5-6,8-10,12-16,22,29,32H,7,11,17-21,23H2,1-4H3,(H,37,40)/t29-,32-/m0/s1. The van der Waals surface area contributed by atoms with E-state index in [-0.39, 0.29) is 22.8 Å². The van der Waals surface area contributed by atoms with Crippen molar-refractivity contribution >= 4 is 17.5 Å². The molecular weight excluding hydrogens is 529 g/mol. The Bertz CT molecular complexity index is 1390. The maximum Gasteiger partial charge on any atom is 0.257 e. The van der Waals surface area contributed by atoms with Crippen LogP contribution >= 0.6 is 0 Å². The highest BCUT2D eigenvalue weighted by atomic mass is 19.1. The molecule has 6 nitrogen and oxygen atoms in total. The molecule has 0 aromatic heterocycles. The first-order valence-electron chi connectivity index (χ1n) is 15.0. The van der Waals surface area contributed by atoms with E-state index in [9.17, 15) is 14.0 Å². The maximum atomic E-state index is 15.0. The molecule has 2 atom stereocenters. The van der Waals surface area contributed by atoms with Gasteiger partial charge in [0.1, 0.15) is 5.82 Å². The summed E-state index contributed by atoms with van der Waals surface area (Å²) in [5.41, 5.74) is 4.52. The predicted molar refractivity (Wildman–Crippen MR) is 164 cm³/mol. The quantitative estimate of drug-likeness (QED) is 0.367. The summed E-state index contributed by atoms with van der Waals surface area (Å²) in [6.45, 7) is 12.7. The van der Waals surface area contributed by atoms with E-state index >= 15 is 0 Å². The van der Waals surface area contributed by atoms with Crippen LogP contribution < -0.4 is 5.32 Å². The van der Waals surface area contributed by atoms with E-state index in [0.29, 0.717) is 24.9 Å². The van der Waals surface area contributed by atoms with Gasteiger partial charge in [-0.15, -0.1) is 0 Å². The zero-order chi connectivity index (χ0) is 29.9. The van der Waals surface area contributed by atoms with Gasteiger partial charge in [-0.2, -0.15) is 0 Å². The molecule has 5 rings (SSSR count). The Labute approximate surface area is 248 Å². The Kier molecular flexibility index (Phi) is 9.09. The topological polar surface area (TPSA) is 61.9 Å². The van der Waals surface area contributed by atoms with Crippen molar-refractivity contribution in [1.82, 2.24) is 9.80 Å². The Morgan fingerprint density at radius 3 is 2.38 bits per heavy atom. The first kappa shape index (κ1) is 29.9. The van der Waals surface area contributed by atoms with Crippen molar-refractivity contribution in [3.8, 4) is 0 Å². The van der Waals surface area contributed by atoms with Crippen LogP contribution in [0.25, 0.3) is 0 Å². The first-order valence-corrected chi connectivity index (χ1v) is 15.0. The Balaban J connectivity index is 1.46. The number of rotatable bonds is 6. The molecule has 2 amide bonds. The monoisotopic (exact) mass is 571 g/mol. The second-order valence-corrected chi connectivity index (χ2v) is 12.6. The summed E-state index contributed by atoms with van der Waals surface area (Å²) in [6.07, 6.45) is 1.29. The average Bonchev–Trinajstić information content (AvgIpc) is 2.97. The summed E-state index contributed by atoms with van der Waals surface area (Å²) in [4.78, 5) is 32.0. The number of morpholine rings is 1. The number of piperidine rings is 1. The van der Waals surface area contributed by atoms with Gasteiger partial charge in [-0.1, -0.05) is 69.3 Å². The van der Waals surface area contributed by atoms with Gasteiger partial charge in [-0.25, -0.2) is 4.39 Å². The van der Waals surface area contributed by atoms with Crippen molar-refractivity contribution in [1.29, 1.82) is 0 Å². The summed E-state index contributed by atoms with van der Waals surface area (Å²) in [5.74, 6) is -1.53. The van der Waals surface area contributed by atoms with E-state index < -0.39 is 17.8 Å². The summed E-state index contributed by atoms with van der Waals surface area (Å²) in [6, 6.07) is 20.3. The Morgan fingerprint density at radius 1 is 0.976 bits per heavy atom. The second kappa shape index (κ2) is 12.8. The molecule has 0 spiro atoms. The van der Waals surface area contributed by atoms with E-state index in [4.69, 9.17) is 4.74 Å². The van der Waals surface area contributed by atoms with Crippen LogP contribution in [0.2, 0.25) is 0 Å². The molecule has 1 N–H and O–H groups in total. The molecule has 2 heterocycles. The zero-order valence-corrected chi connectivity index (χ0v) is 25.2. The van der Waals surface area contributed by atoms with Crippen LogP contribution in [0.15, 0.2) is 66.7 Å². The van der Waals surface area contributed by atoms with E-state index in [0.717, 1.165) is 49.7 Å². The largest absolute Gasteiger partial charge is 0.379 e. The number of amides is 2. The molecule has 2 saturated heterocycles. The van der Waals surface area contributed by atoms with Gasteiger partial charge < -0.3 is 15.0 Å². The first-order chi connectivity index (χ1) is 20.1. The van der Waals surface area contributed by atoms with Crippen LogP contribution in [0.3, 0.4) is 0 Å². The Morgan fingerprint density at radius 2 is 1.69 bits per heavy atom. The summed E-state index contributed by atoms with van der Waals surface area (Å²) in [5, 5.41) is 3.14. The van der Waals surface area contributed by atoms with Crippen molar-refractivity contribution < 1.29 is 18.7 Å². The molecule has 3 aromatic carbocycles. The Hall–Kier alpha value is -3.55. The summed E-state index contributed by atoms with van der Waals surface area (Å²) >= 11 is 0. The lowest BCUT2D eigenvalue weighted by molar-refractivity contribution is -0.123. The lowest BCUT2D eigenvalue weighted by Gasteiger charge is -2.41. The zero-order valence-electron chi connectivity index (χ0n) is 25.2. The molecule has 222 valence electrons. The highest BCUT2D eigenvalue weighted by Gasteiger charge is 2.40. The number of likely N-dealkylation sites (tertiary alicyclic amines) is 1. The second-order valence-electron chi connectivity index (χ2n) is 12.6. The molecule has 7 heteroatoms. The third kappa shape index (κ3) is 6.74. The van der Waals surface area contributed by atoms with Crippen LogP contribution in [0, 0.1) is 18.7 Å².